The third-order valence-electron chi connectivity index (χ3n) is 7.57. The van der Waals surface area contributed by atoms with Gasteiger partial charge in [-0.05, 0) is 25.5 Å². The second-order valence-corrected chi connectivity index (χ2v) is 17.9. The summed E-state index contributed by atoms with van der Waals surface area (Å²) in [7, 11) is -16.4. The third kappa shape index (κ3) is 14.9. The van der Waals surface area contributed by atoms with Crippen LogP contribution in [0.4, 0.5) is 5.82 Å². The number of allylic oxidation sites excluding steroid dienone is 1. The van der Waals surface area contributed by atoms with E-state index in [9.17, 15) is 57.9 Å². The van der Waals surface area contributed by atoms with Crippen LogP contribution < -0.4 is 22.1 Å². The van der Waals surface area contributed by atoms with Crippen molar-refractivity contribution >= 4 is 69.1 Å². The average molecular weight is 879 g/mol. The number of aliphatic hydroxyl groups excluding tert-OH is 2. The molecule has 2 unspecified atom stereocenters. The first kappa shape index (κ1) is 47.6. The van der Waals surface area contributed by atoms with Crippen LogP contribution in [0, 0.1) is 5.41 Å². The van der Waals surface area contributed by atoms with Crippen molar-refractivity contribution in [1.29, 1.82) is 0 Å². The van der Waals surface area contributed by atoms with Gasteiger partial charge in [-0.2, -0.15) is 4.31 Å². The van der Waals surface area contributed by atoms with E-state index in [1.165, 1.54) is 19.9 Å². The molecule has 29 heteroatoms. The number of imidazole rings is 1. The molecule has 1 aliphatic rings. The third-order valence-corrected chi connectivity index (χ3v) is 11.5. The fourth-order valence-electron chi connectivity index (χ4n) is 4.75. The Kier molecular flexibility index (Phi) is 17.7. The number of aromatic nitrogens is 4. The monoisotopic (exact) mass is 878 g/mol. The molecule has 0 aliphatic carbocycles. The number of nitrogens with zero attached hydrogens (tertiary/aromatic N) is 4. The first-order chi connectivity index (χ1) is 26.1. The Hall–Kier alpha value is -2.74. The van der Waals surface area contributed by atoms with Crippen molar-refractivity contribution in [2.45, 2.75) is 63.8 Å². The topological polar surface area (TPSA) is 390 Å². The largest absolute Gasteiger partial charge is 0.481 e. The van der Waals surface area contributed by atoms with Crippen molar-refractivity contribution in [3.63, 3.8) is 0 Å². The molecule has 1 aliphatic heterocycles. The number of aliphatic hydroxyl groups is 2. The highest BCUT2D eigenvalue weighted by Crippen LogP contribution is 2.61. The Morgan fingerprint density at radius 3 is 2.46 bits per heavy atom. The summed E-state index contributed by atoms with van der Waals surface area (Å²) in [5.74, 6) is -1.16. The Balaban J connectivity index is 1.48. The zero-order valence-electron chi connectivity index (χ0n) is 29.9. The molecular formula is C27H45N8O17P3S. The minimum atomic E-state index is -5.57. The van der Waals surface area contributed by atoms with E-state index in [1.807, 2.05) is 0 Å². The van der Waals surface area contributed by atoms with E-state index in [2.05, 4.69) is 34.4 Å². The van der Waals surface area contributed by atoms with E-state index in [0.29, 0.717) is 18.7 Å². The van der Waals surface area contributed by atoms with E-state index in [4.69, 9.17) is 25.3 Å². The number of anilines is 1. The molecule has 2 amide bonds. The maximum Gasteiger partial charge on any atom is 0.481 e. The average Bonchev–Trinajstić information content (AvgIpc) is 3.66. The summed E-state index contributed by atoms with van der Waals surface area (Å²) in [5, 5.41) is 26.1. The summed E-state index contributed by atoms with van der Waals surface area (Å²) in [6.45, 7) is 0.964. The molecule has 1 saturated heterocycles. The SMILES string of the molecule is CC(C)(COP(=O)(O)OP(=O)(O)OC[C@H]1O[C@@H](n2cnc3c(N)ncnc32)[C@H](O)[C@@H]1OP(=O)(O)O)[C@@H](O)C(=O)NCCC(=O)NCCSC(=O)/C=C/CCCN. The number of amides is 2. The Morgan fingerprint density at radius 1 is 1.09 bits per heavy atom. The number of thioether (sulfide) groups is 1. The summed E-state index contributed by atoms with van der Waals surface area (Å²) in [5.41, 5.74) is 9.64. The standard InChI is InChI=1S/C27H45N8O17P3S/c1-27(2,22(39)25(40)31-9-7-17(36)30-10-11-56-18(37)6-4-3-5-8-28)13-49-55(46,47)52-54(44,45)48-12-16-21(51-53(41,42)43)20(38)26(50-16)35-15-34-19-23(29)32-14-33-24(19)35/h4,6,14-16,20-22,26,38-39H,3,5,7-13,28H2,1-2H3,(H,30,36)(H,31,40)(H,44,45)(H,46,47)(H2,29,32,33)(H2,41,42,43)/b6-4+/t16-,20-,21-,22+,26-/m1/s1. The predicted octanol–water partition coefficient (Wildman–Crippen LogP) is -1.04. The number of hydrogen-bond acceptors (Lipinski definition) is 19. The minimum Gasteiger partial charge on any atom is -0.386 e. The van der Waals surface area contributed by atoms with E-state index in [0.717, 1.165) is 35.4 Å². The Labute approximate surface area is 323 Å². The zero-order valence-corrected chi connectivity index (χ0v) is 33.4. The number of unbranched alkanes of at least 4 members (excludes halogenated alkanes) is 1. The highest BCUT2D eigenvalue weighted by atomic mass is 32.2. The van der Waals surface area contributed by atoms with Crippen molar-refractivity contribution < 1.29 is 80.5 Å². The second-order valence-electron chi connectivity index (χ2n) is 12.6. The molecule has 25 nitrogen and oxygen atoms in total. The number of carbonyl (C=O) groups is 3. The van der Waals surface area contributed by atoms with Gasteiger partial charge in [-0.15, -0.1) is 0 Å². The number of rotatable bonds is 23. The number of hydrogen-bond donors (Lipinski definition) is 10. The second kappa shape index (κ2) is 20.8. The summed E-state index contributed by atoms with van der Waals surface area (Å²) in [6.07, 6.45) is -2.34. The molecule has 2 aromatic heterocycles. The molecule has 0 spiro atoms. The molecule has 56 heavy (non-hydrogen) atoms. The molecule has 3 rings (SSSR count). The van der Waals surface area contributed by atoms with Crippen LogP contribution in [0.25, 0.3) is 11.2 Å². The lowest BCUT2D eigenvalue weighted by atomic mass is 9.87. The molecule has 0 aromatic carbocycles. The molecule has 316 valence electrons. The fourth-order valence-corrected chi connectivity index (χ4v) is 8.17. The van der Waals surface area contributed by atoms with Gasteiger partial charge in [-0.25, -0.2) is 28.6 Å². The summed E-state index contributed by atoms with van der Waals surface area (Å²) in [6, 6.07) is 0. The molecule has 12 N–H and O–H groups in total. The van der Waals surface area contributed by atoms with Crippen LogP contribution >= 0.6 is 35.2 Å². The predicted molar refractivity (Wildman–Crippen MR) is 195 cm³/mol. The number of nitrogens with one attached hydrogen (secondary N) is 2. The van der Waals surface area contributed by atoms with Crippen LogP contribution in [0.15, 0.2) is 24.8 Å². The van der Waals surface area contributed by atoms with Gasteiger partial charge in [-0.1, -0.05) is 31.7 Å². The van der Waals surface area contributed by atoms with Crippen molar-refractivity contribution in [1.82, 2.24) is 30.2 Å². The van der Waals surface area contributed by atoms with E-state index in [-0.39, 0.29) is 41.6 Å². The van der Waals surface area contributed by atoms with Gasteiger partial charge in [0.1, 0.15) is 36.3 Å². The van der Waals surface area contributed by atoms with Gasteiger partial charge in [0.05, 0.1) is 19.5 Å². The number of nitrogens with two attached hydrogens (primary N) is 2. The van der Waals surface area contributed by atoms with Crippen LogP contribution in [-0.2, 0) is 50.7 Å². The van der Waals surface area contributed by atoms with Gasteiger partial charge in [0.15, 0.2) is 17.7 Å². The van der Waals surface area contributed by atoms with Gasteiger partial charge < -0.3 is 56.6 Å². The molecule has 0 saturated carbocycles. The lowest BCUT2D eigenvalue weighted by Crippen LogP contribution is -2.46. The molecular weight excluding hydrogens is 833 g/mol. The Morgan fingerprint density at radius 2 is 1.79 bits per heavy atom. The van der Waals surface area contributed by atoms with Crippen molar-refractivity contribution in [2.75, 3.05) is 44.3 Å². The minimum absolute atomic E-state index is 0.0285. The number of phosphoric acid groups is 3. The highest BCUT2D eigenvalue weighted by Gasteiger charge is 2.50. The number of fused-ring (bicyclic) bond motifs is 1. The summed E-state index contributed by atoms with van der Waals surface area (Å²) < 4.78 is 62.0. The fraction of sp³-hybridized carbons (Fsp3) is 0.630. The maximum absolute atomic E-state index is 12.7. The highest BCUT2D eigenvalue weighted by molar-refractivity contribution is 8.14. The van der Waals surface area contributed by atoms with Gasteiger partial charge in [0.25, 0.3) is 0 Å². The van der Waals surface area contributed by atoms with E-state index < -0.39 is 84.6 Å². The molecule has 1 fully saturated rings. The maximum atomic E-state index is 12.7. The lowest BCUT2D eigenvalue weighted by molar-refractivity contribution is -0.137. The molecule has 0 bridgehead atoms. The normalized spacial score (nSPS) is 21.8. The van der Waals surface area contributed by atoms with Crippen molar-refractivity contribution in [3.8, 4) is 0 Å². The van der Waals surface area contributed by atoms with Gasteiger partial charge in [0.2, 0.25) is 16.9 Å². The molecule has 3 heterocycles. The lowest BCUT2D eigenvalue weighted by Gasteiger charge is -2.30. The number of nitrogen functional groups attached to an aromatic ring is 1. The first-order valence-corrected chi connectivity index (χ1v) is 22.0. The number of carbonyl (C=O) groups excluding carboxylic acids is 3. The number of ether oxygens (including phenoxy) is 1. The smallest absolute Gasteiger partial charge is 0.386 e. The van der Waals surface area contributed by atoms with Crippen molar-refractivity contribution in [2.24, 2.45) is 11.1 Å². The van der Waals surface area contributed by atoms with Gasteiger partial charge in [-0.3, -0.25) is 32.5 Å². The quantitative estimate of drug-likeness (QED) is 0.0362. The zero-order chi connectivity index (χ0) is 41.9. The van der Waals surface area contributed by atoms with Gasteiger partial charge >= 0.3 is 23.5 Å². The first-order valence-electron chi connectivity index (χ1n) is 16.5. The number of phosphoric ester groups is 3. The summed E-state index contributed by atoms with van der Waals surface area (Å²) in [4.78, 5) is 87.3. The molecule has 7 atom stereocenters. The molecule has 0 radical (unpaired) electrons. The molecule has 2 aromatic rings. The van der Waals surface area contributed by atoms with E-state index >= 15 is 0 Å². The van der Waals surface area contributed by atoms with Crippen LogP contribution in [0.5, 0.6) is 0 Å². The Bertz CT molecular complexity index is 1850. The van der Waals surface area contributed by atoms with Crippen LogP contribution in [-0.4, -0.2) is 129 Å². The van der Waals surface area contributed by atoms with E-state index in [1.54, 1.807) is 6.08 Å². The van der Waals surface area contributed by atoms with Crippen LogP contribution in [0.1, 0.15) is 39.3 Å². The summed E-state index contributed by atoms with van der Waals surface area (Å²) >= 11 is 1.01. The van der Waals surface area contributed by atoms with Crippen LogP contribution in [0.2, 0.25) is 0 Å². The van der Waals surface area contributed by atoms with Crippen LogP contribution in [0.3, 0.4) is 0 Å². The van der Waals surface area contributed by atoms with Gasteiger partial charge in [0, 0.05) is 30.7 Å². The van der Waals surface area contributed by atoms with Crippen molar-refractivity contribution in [3.05, 3.63) is 24.8 Å².